The van der Waals surface area contributed by atoms with E-state index in [2.05, 4.69) is 15.2 Å². The third-order valence-electron chi connectivity index (χ3n) is 4.53. The molecular formula is C19H20N4O2. The Hall–Kier alpha value is -2.89. The van der Waals surface area contributed by atoms with Crippen LogP contribution in [0, 0.1) is 6.92 Å². The molecule has 6 heteroatoms. The van der Waals surface area contributed by atoms with Crippen LogP contribution >= 0.6 is 0 Å². The number of amides is 1. The number of likely N-dealkylation sites (tertiary alicyclic amines) is 1. The first-order chi connectivity index (χ1) is 12.2. The first-order valence-corrected chi connectivity index (χ1v) is 8.52. The largest absolute Gasteiger partial charge is 0.471 e. The van der Waals surface area contributed by atoms with Gasteiger partial charge in [0, 0.05) is 29.9 Å². The van der Waals surface area contributed by atoms with Gasteiger partial charge in [0.05, 0.1) is 12.2 Å². The zero-order valence-electron chi connectivity index (χ0n) is 14.1. The Labute approximate surface area is 145 Å². The van der Waals surface area contributed by atoms with Crippen LogP contribution in [0.4, 0.5) is 0 Å². The number of hydrogen-bond donors (Lipinski definition) is 1. The summed E-state index contributed by atoms with van der Waals surface area (Å²) in [5.41, 5.74) is 2.53. The van der Waals surface area contributed by atoms with E-state index >= 15 is 0 Å². The van der Waals surface area contributed by atoms with Crippen LogP contribution in [0.3, 0.4) is 0 Å². The van der Waals surface area contributed by atoms with Gasteiger partial charge in [-0.05, 0) is 49.4 Å². The third-order valence-corrected chi connectivity index (χ3v) is 4.53. The van der Waals surface area contributed by atoms with Gasteiger partial charge in [-0.15, -0.1) is 5.10 Å². The summed E-state index contributed by atoms with van der Waals surface area (Å²) in [6.45, 7) is 3.21. The Morgan fingerprint density at radius 1 is 1.24 bits per heavy atom. The molecule has 1 aliphatic rings. The van der Waals surface area contributed by atoms with Crippen LogP contribution in [0.25, 0.3) is 10.9 Å². The monoisotopic (exact) mass is 336 g/mol. The predicted molar refractivity (Wildman–Crippen MR) is 94.6 cm³/mol. The molecule has 6 nitrogen and oxygen atoms in total. The molecule has 0 saturated carbocycles. The van der Waals surface area contributed by atoms with Crippen LogP contribution in [0.15, 0.2) is 42.6 Å². The van der Waals surface area contributed by atoms with Crippen molar-refractivity contribution >= 4 is 16.8 Å². The standard InChI is InChI=1S/C19H20N4O2/c1-13-4-7-18(22-21-13)25-16-3-2-10-23(12-16)19(24)15-6-5-14-8-9-20-17(14)11-15/h4-9,11,16,20H,2-3,10,12H2,1H3. The van der Waals surface area contributed by atoms with Crippen molar-refractivity contribution < 1.29 is 9.53 Å². The number of carbonyl (C=O) groups excluding carboxylic acids is 1. The van der Waals surface area contributed by atoms with E-state index in [-0.39, 0.29) is 12.0 Å². The van der Waals surface area contributed by atoms with Crippen molar-refractivity contribution in [3.05, 3.63) is 53.9 Å². The highest BCUT2D eigenvalue weighted by Gasteiger charge is 2.26. The number of piperidine rings is 1. The lowest BCUT2D eigenvalue weighted by Gasteiger charge is -2.32. The topological polar surface area (TPSA) is 71.1 Å². The van der Waals surface area contributed by atoms with E-state index in [1.54, 1.807) is 0 Å². The highest BCUT2D eigenvalue weighted by atomic mass is 16.5. The normalized spacial score (nSPS) is 17.6. The fraction of sp³-hybridized carbons (Fsp3) is 0.316. The highest BCUT2D eigenvalue weighted by molar-refractivity contribution is 5.98. The first-order valence-electron chi connectivity index (χ1n) is 8.52. The Kier molecular flexibility index (Phi) is 4.09. The molecule has 1 fully saturated rings. The summed E-state index contributed by atoms with van der Waals surface area (Å²) in [5.74, 6) is 0.553. The van der Waals surface area contributed by atoms with Crippen LogP contribution < -0.4 is 4.74 Å². The summed E-state index contributed by atoms with van der Waals surface area (Å²) in [4.78, 5) is 17.9. The summed E-state index contributed by atoms with van der Waals surface area (Å²) in [7, 11) is 0. The number of nitrogens with zero attached hydrogens (tertiary/aromatic N) is 3. The second kappa shape index (κ2) is 6.55. The molecule has 2 aromatic heterocycles. The number of aromatic nitrogens is 3. The fourth-order valence-corrected chi connectivity index (χ4v) is 3.20. The van der Waals surface area contributed by atoms with Gasteiger partial charge in [0.1, 0.15) is 6.10 Å². The zero-order valence-corrected chi connectivity index (χ0v) is 14.1. The van der Waals surface area contributed by atoms with Gasteiger partial charge in [-0.25, -0.2) is 0 Å². The minimum atomic E-state index is -0.0519. The molecule has 1 unspecified atom stereocenters. The predicted octanol–water partition coefficient (Wildman–Crippen LogP) is 2.95. The molecule has 1 amide bonds. The van der Waals surface area contributed by atoms with Gasteiger partial charge >= 0.3 is 0 Å². The average molecular weight is 336 g/mol. The van der Waals surface area contributed by atoms with Gasteiger partial charge in [0.15, 0.2) is 0 Å². The average Bonchev–Trinajstić information content (AvgIpc) is 3.11. The molecular weight excluding hydrogens is 316 g/mol. The Bertz CT molecular complexity index is 888. The number of fused-ring (bicyclic) bond motifs is 1. The molecule has 25 heavy (non-hydrogen) atoms. The number of carbonyl (C=O) groups is 1. The fourth-order valence-electron chi connectivity index (χ4n) is 3.20. The molecule has 128 valence electrons. The minimum Gasteiger partial charge on any atom is -0.471 e. The molecule has 0 aliphatic carbocycles. The molecule has 0 radical (unpaired) electrons. The number of aryl methyl sites for hydroxylation is 1. The van der Waals surface area contributed by atoms with Crippen LogP contribution in [0.2, 0.25) is 0 Å². The van der Waals surface area contributed by atoms with Gasteiger partial charge in [0.2, 0.25) is 5.88 Å². The van der Waals surface area contributed by atoms with Crippen molar-refractivity contribution in [3.63, 3.8) is 0 Å². The van der Waals surface area contributed by atoms with Crippen molar-refractivity contribution in [1.82, 2.24) is 20.1 Å². The van der Waals surface area contributed by atoms with Crippen molar-refractivity contribution in [3.8, 4) is 5.88 Å². The van der Waals surface area contributed by atoms with E-state index in [1.165, 1.54) is 0 Å². The number of aromatic amines is 1. The van der Waals surface area contributed by atoms with E-state index < -0.39 is 0 Å². The van der Waals surface area contributed by atoms with Gasteiger partial charge in [-0.2, -0.15) is 5.10 Å². The number of ether oxygens (including phenoxy) is 1. The quantitative estimate of drug-likeness (QED) is 0.798. The Morgan fingerprint density at radius 3 is 3.00 bits per heavy atom. The van der Waals surface area contributed by atoms with Gasteiger partial charge in [-0.3, -0.25) is 4.79 Å². The summed E-state index contributed by atoms with van der Waals surface area (Å²) in [6, 6.07) is 11.5. The number of rotatable bonds is 3. The minimum absolute atomic E-state index is 0.0415. The van der Waals surface area contributed by atoms with Gasteiger partial charge < -0.3 is 14.6 Å². The van der Waals surface area contributed by atoms with Crippen molar-refractivity contribution in [2.24, 2.45) is 0 Å². The molecule has 0 bridgehead atoms. The maximum atomic E-state index is 12.8. The molecule has 1 atom stereocenters. The summed E-state index contributed by atoms with van der Waals surface area (Å²) in [5, 5.41) is 9.17. The van der Waals surface area contributed by atoms with Crippen molar-refractivity contribution in [2.75, 3.05) is 13.1 Å². The second-order valence-electron chi connectivity index (χ2n) is 6.43. The smallest absolute Gasteiger partial charge is 0.254 e. The highest BCUT2D eigenvalue weighted by Crippen LogP contribution is 2.20. The van der Waals surface area contributed by atoms with Crippen LogP contribution in [0.1, 0.15) is 28.9 Å². The van der Waals surface area contributed by atoms with Crippen molar-refractivity contribution in [1.29, 1.82) is 0 Å². The first kappa shape index (κ1) is 15.6. The number of nitrogens with one attached hydrogen (secondary N) is 1. The Balaban J connectivity index is 1.46. The van der Waals surface area contributed by atoms with Crippen LogP contribution in [0.5, 0.6) is 5.88 Å². The summed E-state index contributed by atoms with van der Waals surface area (Å²) in [6.07, 6.45) is 3.66. The molecule has 3 heterocycles. The Morgan fingerprint density at radius 2 is 2.16 bits per heavy atom. The maximum Gasteiger partial charge on any atom is 0.254 e. The van der Waals surface area contributed by atoms with Crippen molar-refractivity contribution in [2.45, 2.75) is 25.9 Å². The third kappa shape index (κ3) is 3.33. The second-order valence-corrected chi connectivity index (χ2v) is 6.43. The molecule has 1 N–H and O–H groups in total. The molecule has 4 rings (SSSR count). The molecule has 0 spiro atoms. The maximum absolute atomic E-state index is 12.8. The van der Waals surface area contributed by atoms with E-state index in [0.29, 0.717) is 18.0 Å². The SMILES string of the molecule is Cc1ccc(OC2CCCN(C(=O)c3ccc4cc[nH]c4c3)C2)nn1. The number of benzene rings is 1. The van der Waals surface area contributed by atoms with E-state index in [0.717, 1.165) is 36.0 Å². The summed E-state index contributed by atoms with van der Waals surface area (Å²) < 4.78 is 5.91. The lowest BCUT2D eigenvalue weighted by Crippen LogP contribution is -2.44. The lowest BCUT2D eigenvalue weighted by atomic mass is 10.1. The number of H-pyrrole nitrogens is 1. The van der Waals surface area contributed by atoms with E-state index in [1.807, 2.05) is 54.4 Å². The zero-order chi connectivity index (χ0) is 17.2. The molecule has 3 aromatic rings. The molecule has 1 aromatic carbocycles. The number of hydrogen-bond acceptors (Lipinski definition) is 4. The van der Waals surface area contributed by atoms with Gasteiger partial charge in [0.25, 0.3) is 5.91 Å². The van der Waals surface area contributed by atoms with Gasteiger partial charge in [-0.1, -0.05) is 6.07 Å². The van der Waals surface area contributed by atoms with E-state index in [4.69, 9.17) is 4.74 Å². The van der Waals surface area contributed by atoms with Crippen LogP contribution in [-0.4, -0.2) is 45.2 Å². The molecule has 1 aliphatic heterocycles. The summed E-state index contributed by atoms with van der Waals surface area (Å²) >= 11 is 0. The molecule has 1 saturated heterocycles. The lowest BCUT2D eigenvalue weighted by molar-refractivity contribution is 0.0525. The van der Waals surface area contributed by atoms with E-state index in [9.17, 15) is 4.79 Å². The van der Waals surface area contributed by atoms with Crippen LogP contribution in [-0.2, 0) is 0 Å².